The number of aromatic nitrogens is 3. The molecule has 1 aromatic heterocycles. The van der Waals surface area contributed by atoms with Gasteiger partial charge in [0, 0.05) is 15.3 Å². The Balaban J connectivity index is 2.05. The number of rotatable bonds is 4. The van der Waals surface area contributed by atoms with Gasteiger partial charge in [0.2, 0.25) is 5.95 Å². The summed E-state index contributed by atoms with van der Waals surface area (Å²) in [6.07, 6.45) is 1.23. The Labute approximate surface area is 148 Å². The van der Waals surface area contributed by atoms with Gasteiger partial charge in [-0.1, -0.05) is 0 Å². The Kier molecular flexibility index (Phi) is 4.60. The molecule has 0 saturated heterocycles. The number of nitrogens with zero attached hydrogens (tertiary/aromatic N) is 2. The molecule has 0 aliphatic heterocycles. The predicted molar refractivity (Wildman–Crippen MR) is 93.2 cm³/mol. The summed E-state index contributed by atoms with van der Waals surface area (Å²) in [6.45, 7) is 1.83. The Hall–Kier alpha value is -2.30. The second kappa shape index (κ2) is 6.67. The molecule has 0 aliphatic carbocycles. The summed E-state index contributed by atoms with van der Waals surface area (Å²) < 4.78 is 42.5. The van der Waals surface area contributed by atoms with Gasteiger partial charge in [0.05, 0.1) is 5.69 Å². The number of H-pyrrole nitrogens is 1. The van der Waals surface area contributed by atoms with Crippen LogP contribution < -0.4 is 10.6 Å². The van der Waals surface area contributed by atoms with Gasteiger partial charge >= 0.3 is 0 Å². The van der Waals surface area contributed by atoms with Crippen molar-refractivity contribution in [3.8, 4) is 0 Å². The van der Waals surface area contributed by atoms with Gasteiger partial charge < -0.3 is 10.6 Å². The van der Waals surface area contributed by atoms with Crippen molar-refractivity contribution in [2.24, 2.45) is 0 Å². The number of anilines is 4. The summed E-state index contributed by atoms with van der Waals surface area (Å²) in [6, 6.07) is 6.28. The Morgan fingerprint density at radius 3 is 2.50 bits per heavy atom. The Bertz CT molecular complexity index is 883. The molecule has 1 heterocycles. The zero-order valence-corrected chi connectivity index (χ0v) is 14.5. The molecule has 3 rings (SSSR count). The summed E-state index contributed by atoms with van der Waals surface area (Å²) >= 11 is 2.15. The third-order valence-electron chi connectivity index (χ3n) is 3.28. The second-order valence-corrected chi connectivity index (χ2v) is 6.20. The molecule has 0 amide bonds. The first-order valence-corrected chi connectivity index (χ1v) is 7.86. The topological polar surface area (TPSA) is 65.6 Å². The molecule has 0 atom stereocenters. The SMILES string of the molecule is Cc1cc(I)ccc1Nc1c(Nc2ncn[nH]2)cc(F)c(F)c1F. The predicted octanol–water partition coefficient (Wildman–Crippen LogP) is 4.62. The van der Waals surface area contributed by atoms with Crippen LogP contribution in [-0.2, 0) is 0 Å². The number of hydrogen-bond acceptors (Lipinski definition) is 4. The molecule has 0 fully saturated rings. The minimum Gasteiger partial charge on any atom is -0.351 e. The maximum atomic E-state index is 14.3. The molecule has 0 bridgehead atoms. The molecule has 124 valence electrons. The maximum absolute atomic E-state index is 14.3. The van der Waals surface area contributed by atoms with E-state index in [-0.39, 0.29) is 17.3 Å². The lowest BCUT2D eigenvalue weighted by Gasteiger charge is -2.16. The van der Waals surface area contributed by atoms with Crippen LogP contribution in [0.15, 0.2) is 30.6 Å². The standard InChI is InChI=1S/C15H11F3IN5/c1-7-4-8(19)2-3-10(7)22-14-11(23-15-20-6-21-24-15)5-9(16)12(17)13(14)18/h2-6,22H,1H3,(H2,20,21,23,24). The summed E-state index contributed by atoms with van der Waals surface area (Å²) in [5, 5.41) is 11.6. The lowest BCUT2D eigenvalue weighted by atomic mass is 10.1. The number of hydrogen-bond donors (Lipinski definition) is 3. The van der Waals surface area contributed by atoms with Crippen LogP contribution in [0.1, 0.15) is 5.56 Å². The van der Waals surface area contributed by atoms with Crippen molar-refractivity contribution < 1.29 is 13.2 Å². The highest BCUT2D eigenvalue weighted by atomic mass is 127. The molecule has 5 nitrogen and oxygen atoms in total. The average molecular weight is 445 g/mol. The van der Waals surface area contributed by atoms with E-state index < -0.39 is 17.5 Å². The maximum Gasteiger partial charge on any atom is 0.222 e. The van der Waals surface area contributed by atoms with E-state index in [0.29, 0.717) is 5.69 Å². The molecular formula is C15H11F3IN5. The van der Waals surface area contributed by atoms with Crippen molar-refractivity contribution in [1.29, 1.82) is 0 Å². The molecule has 0 radical (unpaired) electrons. The molecular weight excluding hydrogens is 434 g/mol. The van der Waals surface area contributed by atoms with Crippen molar-refractivity contribution in [2.45, 2.75) is 6.92 Å². The minimum absolute atomic E-state index is 0.0129. The van der Waals surface area contributed by atoms with Gasteiger partial charge in [0.25, 0.3) is 0 Å². The highest BCUT2D eigenvalue weighted by molar-refractivity contribution is 14.1. The molecule has 0 spiro atoms. The van der Waals surface area contributed by atoms with E-state index >= 15 is 0 Å². The fraction of sp³-hybridized carbons (Fsp3) is 0.0667. The average Bonchev–Trinajstić information content (AvgIpc) is 3.04. The molecule has 0 unspecified atom stereocenters. The first-order chi connectivity index (χ1) is 11.5. The normalized spacial score (nSPS) is 10.7. The quantitative estimate of drug-likeness (QED) is 0.405. The summed E-state index contributed by atoms with van der Waals surface area (Å²) in [4.78, 5) is 3.83. The lowest BCUT2D eigenvalue weighted by molar-refractivity contribution is 0.450. The number of benzene rings is 2. The largest absolute Gasteiger partial charge is 0.351 e. The Morgan fingerprint density at radius 1 is 1.04 bits per heavy atom. The number of nitrogens with one attached hydrogen (secondary N) is 3. The summed E-state index contributed by atoms with van der Waals surface area (Å²) in [5.41, 5.74) is 1.16. The molecule has 3 N–H and O–H groups in total. The van der Waals surface area contributed by atoms with Gasteiger partial charge in [-0.05, 0) is 53.3 Å². The number of aryl methyl sites for hydroxylation is 1. The van der Waals surface area contributed by atoms with Gasteiger partial charge in [-0.25, -0.2) is 18.3 Å². The lowest BCUT2D eigenvalue weighted by Crippen LogP contribution is -2.06. The summed E-state index contributed by atoms with van der Waals surface area (Å²) in [5.74, 6) is -4.01. The fourth-order valence-electron chi connectivity index (χ4n) is 2.11. The summed E-state index contributed by atoms with van der Waals surface area (Å²) in [7, 11) is 0. The molecule has 3 aromatic rings. The number of aromatic amines is 1. The van der Waals surface area contributed by atoms with Crippen LogP contribution in [0.5, 0.6) is 0 Å². The van der Waals surface area contributed by atoms with E-state index in [0.717, 1.165) is 15.2 Å². The van der Waals surface area contributed by atoms with Crippen LogP contribution in [-0.4, -0.2) is 15.2 Å². The number of halogens is 4. The van der Waals surface area contributed by atoms with Crippen LogP contribution in [0.2, 0.25) is 0 Å². The van der Waals surface area contributed by atoms with Crippen molar-refractivity contribution in [1.82, 2.24) is 15.2 Å². The van der Waals surface area contributed by atoms with E-state index in [1.807, 2.05) is 19.1 Å². The molecule has 0 aliphatic rings. The van der Waals surface area contributed by atoms with Crippen molar-refractivity contribution in [2.75, 3.05) is 10.6 Å². The smallest absolute Gasteiger partial charge is 0.222 e. The van der Waals surface area contributed by atoms with Crippen LogP contribution >= 0.6 is 22.6 Å². The molecule has 9 heteroatoms. The monoisotopic (exact) mass is 445 g/mol. The van der Waals surface area contributed by atoms with E-state index in [1.165, 1.54) is 6.33 Å². The molecule has 2 aromatic carbocycles. The van der Waals surface area contributed by atoms with Crippen LogP contribution in [0.3, 0.4) is 0 Å². The molecule has 24 heavy (non-hydrogen) atoms. The van der Waals surface area contributed by atoms with E-state index in [1.54, 1.807) is 6.07 Å². The Morgan fingerprint density at radius 2 is 1.83 bits per heavy atom. The van der Waals surface area contributed by atoms with Gasteiger partial charge in [-0.2, -0.15) is 10.1 Å². The second-order valence-electron chi connectivity index (χ2n) is 4.95. The van der Waals surface area contributed by atoms with E-state index in [9.17, 15) is 13.2 Å². The highest BCUT2D eigenvalue weighted by Crippen LogP contribution is 2.34. The fourth-order valence-corrected chi connectivity index (χ4v) is 2.76. The van der Waals surface area contributed by atoms with Crippen molar-refractivity contribution >= 4 is 45.6 Å². The first-order valence-electron chi connectivity index (χ1n) is 6.78. The van der Waals surface area contributed by atoms with E-state index in [2.05, 4.69) is 48.4 Å². The van der Waals surface area contributed by atoms with Crippen molar-refractivity contribution in [3.05, 3.63) is 57.2 Å². The molecule has 0 saturated carbocycles. The van der Waals surface area contributed by atoms with Crippen LogP contribution in [0.4, 0.5) is 36.2 Å². The zero-order valence-electron chi connectivity index (χ0n) is 12.3. The first kappa shape index (κ1) is 16.6. The van der Waals surface area contributed by atoms with Gasteiger partial charge in [0.1, 0.15) is 12.0 Å². The van der Waals surface area contributed by atoms with E-state index in [4.69, 9.17) is 0 Å². The van der Waals surface area contributed by atoms with Crippen LogP contribution in [0, 0.1) is 27.9 Å². The highest BCUT2D eigenvalue weighted by Gasteiger charge is 2.20. The third kappa shape index (κ3) is 3.30. The van der Waals surface area contributed by atoms with Crippen LogP contribution in [0.25, 0.3) is 0 Å². The third-order valence-corrected chi connectivity index (χ3v) is 3.95. The minimum atomic E-state index is -1.55. The van der Waals surface area contributed by atoms with Gasteiger partial charge in [0.15, 0.2) is 17.5 Å². The van der Waals surface area contributed by atoms with Crippen molar-refractivity contribution in [3.63, 3.8) is 0 Å². The van der Waals surface area contributed by atoms with Gasteiger partial charge in [-0.3, -0.25) is 0 Å². The van der Waals surface area contributed by atoms with Gasteiger partial charge in [-0.15, -0.1) is 0 Å². The zero-order chi connectivity index (χ0) is 17.3.